The zero-order valence-electron chi connectivity index (χ0n) is 11.8. The van der Waals surface area contributed by atoms with Gasteiger partial charge in [-0.05, 0) is 18.2 Å². The van der Waals surface area contributed by atoms with Gasteiger partial charge >= 0.3 is 0 Å². The molecular formula is C15H11ClN4O3. The van der Waals surface area contributed by atoms with Gasteiger partial charge in [0.25, 0.3) is 5.69 Å². The smallest absolute Gasteiger partial charge is 0.270 e. The summed E-state index contributed by atoms with van der Waals surface area (Å²) in [7, 11) is 0. The lowest BCUT2D eigenvalue weighted by atomic mass is 10.2. The topological polar surface area (TPSA) is 93.5 Å². The molecular weight excluding hydrogens is 320 g/mol. The minimum atomic E-state index is -0.501. The third kappa shape index (κ3) is 2.92. The third-order valence-electron chi connectivity index (χ3n) is 3.25. The molecule has 116 valence electrons. The number of hydrogen-bond donors (Lipinski definition) is 1. The van der Waals surface area contributed by atoms with Crippen molar-refractivity contribution < 1.29 is 10.0 Å². The van der Waals surface area contributed by atoms with Crippen LogP contribution in [0, 0.1) is 10.1 Å². The summed E-state index contributed by atoms with van der Waals surface area (Å²) >= 11 is 6.04. The Kier molecular flexibility index (Phi) is 4.05. The predicted molar refractivity (Wildman–Crippen MR) is 86.8 cm³/mol. The molecule has 0 bridgehead atoms. The summed E-state index contributed by atoms with van der Waals surface area (Å²) in [5.41, 5.74) is 1.74. The first-order valence-corrected chi connectivity index (χ1v) is 7.03. The van der Waals surface area contributed by atoms with Gasteiger partial charge < -0.3 is 5.11 Å². The minimum absolute atomic E-state index is 0.0753. The number of nitro groups is 1. The van der Waals surface area contributed by atoms with Crippen LogP contribution in [0.1, 0.15) is 11.4 Å². The number of imidazole rings is 1. The summed E-state index contributed by atoms with van der Waals surface area (Å²) in [5.74, 6) is 0.365. The molecule has 7 nitrogen and oxygen atoms in total. The van der Waals surface area contributed by atoms with Crippen LogP contribution in [-0.2, 0) is 6.61 Å². The Morgan fingerprint density at radius 1 is 1.35 bits per heavy atom. The molecule has 0 amide bonds. The highest BCUT2D eigenvalue weighted by molar-refractivity contribution is 6.33. The van der Waals surface area contributed by atoms with Gasteiger partial charge in [-0.15, -0.1) is 0 Å². The van der Waals surface area contributed by atoms with Crippen LogP contribution >= 0.6 is 11.6 Å². The second-order valence-electron chi connectivity index (χ2n) is 4.69. The standard InChI is InChI=1S/C15H11ClN4O3/c16-12-6-5-11(20(22)23)7-10(12)8-17-19-14-4-2-1-3-13(14)18-15(19)9-21/h1-8,21H,9H2. The van der Waals surface area contributed by atoms with Crippen molar-refractivity contribution in [1.82, 2.24) is 9.66 Å². The molecule has 0 unspecified atom stereocenters. The van der Waals surface area contributed by atoms with Gasteiger partial charge in [0, 0.05) is 22.7 Å². The van der Waals surface area contributed by atoms with Gasteiger partial charge in [-0.3, -0.25) is 10.1 Å². The van der Waals surface area contributed by atoms with Crippen molar-refractivity contribution in [2.45, 2.75) is 6.61 Å². The summed E-state index contributed by atoms with van der Waals surface area (Å²) < 4.78 is 1.48. The van der Waals surface area contributed by atoms with E-state index in [-0.39, 0.29) is 12.3 Å². The van der Waals surface area contributed by atoms with E-state index in [0.29, 0.717) is 27.4 Å². The number of para-hydroxylation sites is 2. The molecule has 0 atom stereocenters. The lowest BCUT2D eigenvalue weighted by Gasteiger charge is -2.01. The van der Waals surface area contributed by atoms with Crippen LogP contribution in [0.4, 0.5) is 5.69 Å². The molecule has 0 saturated carbocycles. The zero-order valence-corrected chi connectivity index (χ0v) is 12.5. The molecule has 0 fully saturated rings. The summed E-state index contributed by atoms with van der Waals surface area (Å²) in [6.07, 6.45) is 1.41. The number of benzene rings is 2. The molecule has 0 aliphatic carbocycles. The molecule has 23 heavy (non-hydrogen) atoms. The van der Waals surface area contributed by atoms with E-state index in [0.717, 1.165) is 0 Å². The number of fused-ring (bicyclic) bond motifs is 1. The maximum Gasteiger partial charge on any atom is 0.270 e. The van der Waals surface area contributed by atoms with Crippen LogP contribution in [0.15, 0.2) is 47.6 Å². The molecule has 8 heteroatoms. The molecule has 1 aromatic heterocycles. The first-order valence-electron chi connectivity index (χ1n) is 6.65. The second-order valence-corrected chi connectivity index (χ2v) is 5.10. The SMILES string of the molecule is O=[N+]([O-])c1ccc(Cl)c(C=Nn2c(CO)nc3ccccc32)c1. The molecule has 0 radical (unpaired) electrons. The van der Waals surface area contributed by atoms with Crippen molar-refractivity contribution in [3.8, 4) is 0 Å². The molecule has 0 aliphatic heterocycles. The van der Waals surface area contributed by atoms with E-state index in [1.807, 2.05) is 18.2 Å². The fraction of sp³-hybridized carbons (Fsp3) is 0.0667. The molecule has 0 aliphatic rings. The number of nitrogens with zero attached hydrogens (tertiary/aromatic N) is 4. The minimum Gasteiger partial charge on any atom is -0.388 e. The average molecular weight is 331 g/mol. The molecule has 3 aromatic rings. The lowest BCUT2D eigenvalue weighted by molar-refractivity contribution is -0.384. The highest BCUT2D eigenvalue weighted by atomic mass is 35.5. The van der Waals surface area contributed by atoms with Gasteiger partial charge in [-0.1, -0.05) is 23.7 Å². The Labute approximate surface area is 135 Å². The van der Waals surface area contributed by atoms with Crippen LogP contribution in [0.3, 0.4) is 0 Å². The van der Waals surface area contributed by atoms with Gasteiger partial charge in [-0.2, -0.15) is 5.10 Å². The van der Waals surface area contributed by atoms with Crippen LogP contribution in [-0.4, -0.2) is 25.9 Å². The Morgan fingerprint density at radius 3 is 2.87 bits per heavy atom. The van der Waals surface area contributed by atoms with Gasteiger partial charge in [0.05, 0.1) is 22.2 Å². The number of aliphatic hydroxyl groups is 1. The van der Waals surface area contributed by atoms with Crippen LogP contribution in [0.5, 0.6) is 0 Å². The summed E-state index contributed by atoms with van der Waals surface area (Å²) in [5, 5.41) is 24.9. The normalized spacial score (nSPS) is 11.4. The van der Waals surface area contributed by atoms with E-state index in [2.05, 4.69) is 10.1 Å². The van der Waals surface area contributed by atoms with Crippen LogP contribution < -0.4 is 0 Å². The maximum absolute atomic E-state index is 10.8. The van der Waals surface area contributed by atoms with Gasteiger partial charge in [0.1, 0.15) is 6.61 Å². The lowest BCUT2D eigenvalue weighted by Crippen LogP contribution is -1.99. The number of halogens is 1. The van der Waals surface area contributed by atoms with Crippen LogP contribution in [0.2, 0.25) is 5.02 Å². The zero-order chi connectivity index (χ0) is 16.4. The Balaban J connectivity index is 2.07. The Morgan fingerprint density at radius 2 is 2.13 bits per heavy atom. The largest absolute Gasteiger partial charge is 0.388 e. The monoisotopic (exact) mass is 330 g/mol. The number of aliphatic hydroxyl groups excluding tert-OH is 1. The van der Waals surface area contributed by atoms with Crippen molar-refractivity contribution in [2.75, 3.05) is 0 Å². The molecule has 1 heterocycles. The number of hydrogen-bond acceptors (Lipinski definition) is 5. The number of aromatic nitrogens is 2. The highest BCUT2D eigenvalue weighted by Gasteiger charge is 2.10. The first-order chi connectivity index (χ1) is 11.1. The third-order valence-corrected chi connectivity index (χ3v) is 3.59. The fourth-order valence-electron chi connectivity index (χ4n) is 2.16. The highest BCUT2D eigenvalue weighted by Crippen LogP contribution is 2.21. The van der Waals surface area contributed by atoms with Crippen molar-refractivity contribution in [2.24, 2.45) is 5.10 Å². The van der Waals surface area contributed by atoms with Crippen molar-refractivity contribution >= 4 is 34.5 Å². The summed E-state index contributed by atoms with van der Waals surface area (Å²) in [4.78, 5) is 14.6. The molecule has 3 rings (SSSR count). The predicted octanol–water partition coefficient (Wildman–Crippen LogP) is 2.97. The van der Waals surface area contributed by atoms with E-state index in [1.54, 1.807) is 6.07 Å². The van der Waals surface area contributed by atoms with E-state index >= 15 is 0 Å². The Hall–Kier alpha value is -2.77. The van der Waals surface area contributed by atoms with Gasteiger partial charge in [0.2, 0.25) is 0 Å². The number of rotatable bonds is 4. The molecule has 0 spiro atoms. The molecule has 1 N–H and O–H groups in total. The number of nitro benzene ring substituents is 1. The summed E-state index contributed by atoms with van der Waals surface area (Å²) in [6, 6.07) is 11.4. The van der Waals surface area contributed by atoms with Crippen molar-refractivity contribution in [3.05, 3.63) is 69.0 Å². The van der Waals surface area contributed by atoms with E-state index < -0.39 is 4.92 Å². The molecule has 0 saturated heterocycles. The van der Waals surface area contributed by atoms with Crippen LogP contribution in [0.25, 0.3) is 11.0 Å². The fourth-order valence-corrected chi connectivity index (χ4v) is 2.32. The maximum atomic E-state index is 10.8. The van der Waals surface area contributed by atoms with Gasteiger partial charge in [0.15, 0.2) is 5.82 Å². The Bertz CT molecular complexity index is 920. The van der Waals surface area contributed by atoms with E-state index in [9.17, 15) is 15.2 Å². The van der Waals surface area contributed by atoms with E-state index in [4.69, 9.17) is 11.6 Å². The average Bonchev–Trinajstić information content (AvgIpc) is 2.91. The molecule has 2 aromatic carbocycles. The van der Waals surface area contributed by atoms with Crippen molar-refractivity contribution in [3.63, 3.8) is 0 Å². The summed E-state index contributed by atoms with van der Waals surface area (Å²) in [6.45, 7) is -0.283. The second kappa shape index (κ2) is 6.15. The van der Waals surface area contributed by atoms with E-state index in [1.165, 1.54) is 29.1 Å². The van der Waals surface area contributed by atoms with Crippen molar-refractivity contribution in [1.29, 1.82) is 0 Å². The number of non-ortho nitro benzene ring substituents is 1. The van der Waals surface area contributed by atoms with Gasteiger partial charge in [-0.25, -0.2) is 9.66 Å². The first kappa shape index (κ1) is 15.1. The quantitative estimate of drug-likeness (QED) is 0.452.